The normalized spacial score (nSPS) is 10.6. The van der Waals surface area contributed by atoms with Gasteiger partial charge in [-0.3, -0.25) is 0 Å². The molecular formula is C7H5N3O2S2. The number of aromatic carboxylic acids is 1. The van der Waals surface area contributed by atoms with Gasteiger partial charge >= 0.3 is 5.97 Å². The van der Waals surface area contributed by atoms with Crippen LogP contribution in [0.1, 0.15) is 9.80 Å². The number of hydrogen-bond donors (Lipinski definition) is 1. The maximum Gasteiger partial charge on any atom is 0.365 e. The first-order valence-electron chi connectivity index (χ1n) is 3.61. The summed E-state index contributed by atoms with van der Waals surface area (Å²) in [6, 6.07) is 0. The van der Waals surface area contributed by atoms with E-state index < -0.39 is 5.97 Å². The van der Waals surface area contributed by atoms with Crippen molar-refractivity contribution in [2.45, 2.75) is 5.03 Å². The van der Waals surface area contributed by atoms with Crippen molar-refractivity contribution in [3.05, 3.63) is 11.3 Å². The van der Waals surface area contributed by atoms with Gasteiger partial charge in [0.1, 0.15) is 21.7 Å². The molecule has 0 aromatic carbocycles. The van der Waals surface area contributed by atoms with E-state index in [1.54, 1.807) is 0 Å². The van der Waals surface area contributed by atoms with Gasteiger partial charge in [0.15, 0.2) is 0 Å². The average molecular weight is 227 g/mol. The number of thiazole rings is 1. The molecule has 0 unspecified atom stereocenters. The Morgan fingerprint density at radius 1 is 1.57 bits per heavy atom. The van der Waals surface area contributed by atoms with E-state index in [9.17, 15) is 4.79 Å². The lowest BCUT2D eigenvalue weighted by Gasteiger charge is -1.92. The van der Waals surface area contributed by atoms with Crippen LogP contribution in [0.25, 0.3) is 10.3 Å². The van der Waals surface area contributed by atoms with Gasteiger partial charge in [-0.1, -0.05) is 11.3 Å². The minimum atomic E-state index is -1.03. The van der Waals surface area contributed by atoms with Gasteiger partial charge in [-0.15, -0.1) is 11.8 Å². The second kappa shape index (κ2) is 3.50. The number of carboxylic acids is 1. The summed E-state index contributed by atoms with van der Waals surface area (Å²) in [5.41, 5.74) is 0.572. The second-order valence-electron chi connectivity index (χ2n) is 2.36. The van der Waals surface area contributed by atoms with Gasteiger partial charge in [0.05, 0.1) is 0 Å². The van der Waals surface area contributed by atoms with E-state index in [1.807, 2.05) is 6.26 Å². The van der Waals surface area contributed by atoms with Gasteiger partial charge < -0.3 is 5.11 Å². The number of aromatic nitrogens is 3. The topological polar surface area (TPSA) is 76.0 Å². The number of hydrogen-bond acceptors (Lipinski definition) is 6. The van der Waals surface area contributed by atoms with Gasteiger partial charge in [0.25, 0.3) is 0 Å². The Balaban J connectivity index is 2.70. The van der Waals surface area contributed by atoms with Crippen LogP contribution in [0.2, 0.25) is 0 Å². The fourth-order valence-corrected chi connectivity index (χ4v) is 2.27. The molecule has 2 heterocycles. The van der Waals surface area contributed by atoms with Crippen molar-refractivity contribution < 1.29 is 9.90 Å². The third-order valence-corrected chi connectivity index (χ3v) is 3.17. The van der Waals surface area contributed by atoms with Gasteiger partial charge in [0.2, 0.25) is 5.01 Å². The van der Waals surface area contributed by atoms with Crippen molar-refractivity contribution in [3.63, 3.8) is 0 Å². The highest BCUT2D eigenvalue weighted by Gasteiger charge is 2.13. The highest BCUT2D eigenvalue weighted by atomic mass is 32.2. The van der Waals surface area contributed by atoms with Crippen molar-refractivity contribution in [2.24, 2.45) is 0 Å². The Hall–Kier alpha value is -1.21. The van der Waals surface area contributed by atoms with E-state index in [1.165, 1.54) is 18.1 Å². The van der Waals surface area contributed by atoms with Crippen LogP contribution >= 0.6 is 23.1 Å². The molecule has 14 heavy (non-hydrogen) atoms. The van der Waals surface area contributed by atoms with Crippen LogP contribution in [0.15, 0.2) is 11.4 Å². The monoisotopic (exact) mass is 227 g/mol. The van der Waals surface area contributed by atoms with Gasteiger partial charge in [-0.2, -0.15) is 0 Å². The number of rotatable bonds is 2. The number of nitrogens with zero attached hydrogens (tertiary/aromatic N) is 3. The molecule has 7 heteroatoms. The maximum atomic E-state index is 10.7. The lowest BCUT2D eigenvalue weighted by Crippen LogP contribution is -1.93. The first-order chi connectivity index (χ1) is 6.72. The molecule has 0 aliphatic carbocycles. The Bertz CT molecular complexity index is 497. The number of carboxylic acid groups (broad SMARTS) is 1. The fraction of sp³-hybridized carbons (Fsp3) is 0.143. The van der Waals surface area contributed by atoms with Crippen molar-refractivity contribution in [2.75, 3.05) is 6.26 Å². The highest BCUT2D eigenvalue weighted by molar-refractivity contribution is 7.98. The number of fused-ring (bicyclic) bond motifs is 1. The predicted molar refractivity (Wildman–Crippen MR) is 54.0 cm³/mol. The van der Waals surface area contributed by atoms with E-state index in [0.29, 0.717) is 15.4 Å². The lowest BCUT2D eigenvalue weighted by molar-refractivity contribution is 0.0696. The minimum absolute atomic E-state index is 0.0517. The standard InChI is InChI=1S/C7H5N3O2S2/c1-13-4-3-5(9-2-8-4)14-6(10-3)7(11)12/h2H,1H3,(H,11,12). The van der Waals surface area contributed by atoms with Crippen molar-refractivity contribution in [1.29, 1.82) is 0 Å². The third kappa shape index (κ3) is 1.44. The molecule has 0 amide bonds. The molecule has 72 valence electrons. The molecule has 0 aliphatic rings. The van der Waals surface area contributed by atoms with Crippen molar-refractivity contribution in [3.8, 4) is 0 Å². The SMILES string of the molecule is CSc1ncnc2sc(C(=O)O)nc12. The van der Waals surface area contributed by atoms with E-state index >= 15 is 0 Å². The minimum Gasteiger partial charge on any atom is -0.476 e. The number of carbonyl (C=O) groups is 1. The number of thioether (sulfide) groups is 1. The van der Waals surface area contributed by atoms with Crippen LogP contribution < -0.4 is 0 Å². The summed E-state index contributed by atoms with van der Waals surface area (Å²) in [5, 5.41) is 9.50. The molecule has 0 fully saturated rings. The van der Waals surface area contributed by atoms with Gasteiger partial charge in [-0.25, -0.2) is 19.7 Å². The second-order valence-corrected chi connectivity index (χ2v) is 4.13. The molecule has 2 rings (SSSR count). The molecule has 0 spiro atoms. The molecule has 1 N–H and O–H groups in total. The van der Waals surface area contributed by atoms with Crippen molar-refractivity contribution >= 4 is 39.4 Å². The van der Waals surface area contributed by atoms with Crippen LogP contribution in [-0.2, 0) is 0 Å². The molecule has 0 bridgehead atoms. The molecular weight excluding hydrogens is 222 g/mol. The van der Waals surface area contributed by atoms with Crippen LogP contribution in [0.5, 0.6) is 0 Å². The third-order valence-electron chi connectivity index (χ3n) is 1.54. The maximum absolute atomic E-state index is 10.7. The zero-order valence-corrected chi connectivity index (χ0v) is 8.72. The summed E-state index contributed by atoms with van der Waals surface area (Å²) < 4.78 is 0. The quantitative estimate of drug-likeness (QED) is 0.619. The fourth-order valence-electron chi connectivity index (χ4n) is 0.975. The van der Waals surface area contributed by atoms with E-state index in [0.717, 1.165) is 11.3 Å². The Morgan fingerprint density at radius 3 is 3.00 bits per heavy atom. The Morgan fingerprint density at radius 2 is 2.36 bits per heavy atom. The van der Waals surface area contributed by atoms with Gasteiger partial charge in [0, 0.05) is 0 Å². The van der Waals surface area contributed by atoms with E-state index in [4.69, 9.17) is 5.11 Å². The highest BCUT2D eigenvalue weighted by Crippen LogP contribution is 2.26. The largest absolute Gasteiger partial charge is 0.476 e. The smallest absolute Gasteiger partial charge is 0.365 e. The van der Waals surface area contributed by atoms with Crippen LogP contribution in [0.4, 0.5) is 0 Å². The summed E-state index contributed by atoms with van der Waals surface area (Å²) in [7, 11) is 0. The average Bonchev–Trinajstić information content (AvgIpc) is 2.60. The predicted octanol–water partition coefficient (Wildman–Crippen LogP) is 1.51. The molecule has 0 radical (unpaired) electrons. The Labute approximate surface area is 87.2 Å². The summed E-state index contributed by atoms with van der Waals surface area (Å²) in [5.74, 6) is -1.03. The molecule has 0 saturated carbocycles. The summed E-state index contributed by atoms with van der Waals surface area (Å²) in [6.07, 6.45) is 3.28. The summed E-state index contributed by atoms with van der Waals surface area (Å²) in [4.78, 5) is 23.2. The van der Waals surface area contributed by atoms with E-state index in [-0.39, 0.29) is 5.01 Å². The zero-order chi connectivity index (χ0) is 10.1. The molecule has 5 nitrogen and oxygen atoms in total. The molecule has 0 aliphatic heterocycles. The summed E-state index contributed by atoms with van der Waals surface area (Å²) >= 11 is 2.48. The van der Waals surface area contributed by atoms with Crippen molar-refractivity contribution in [1.82, 2.24) is 15.0 Å². The summed E-state index contributed by atoms with van der Waals surface area (Å²) in [6.45, 7) is 0. The molecule has 2 aromatic rings. The van der Waals surface area contributed by atoms with Crippen LogP contribution in [-0.4, -0.2) is 32.3 Å². The first-order valence-corrected chi connectivity index (χ1v) is 5.65. The molecule has 0 saturated heterocycles. The Kier molecular flexibility index (Phi) is 2.34. The van der Waals surface area contributed by atoms with Gasteiger partial charge in [-0.05, 0) is 6.26 Å². The first kappa shape index (κ1) is 9.35. The molecule has 0 atom stereocenters. The van der Waals surface area contributed by atoms with Crippen LogP contribution in [0.3, 0.4) is 0 Å². The zero-order valence-electron chi connectivity index (χ0n) is 7.09. The lowest BCUT2D eigenvalue weighted by atomic mass is 10.6. The van der Waals surface area contributed by atoms with E-state index in [2.05, 4.69) is 15.0 Å². The van der Waals surface area contributed by atoms with Crippen LogP contribution in [0, 0.1) is 0 Å². The molecule has 2 aromatic heterocycles.